The van der Waals surface area contributed by atoms with Crippen molar-refractivity contribution in [2.24, 2.45) is 5.73 Å². The van der Waals surface area contributed by atoms with Gasteiger partial charge in [0.1, 0.15) is 36.6 Å². The van der Waals surface area contributed by atoms with Crippen molar-refractivity contribution in [2.45, 2.75) is 67.7 Å². The highest BCUT2D eigenvalue weighted by atomic mass is 16.4. The topological polar surface area (TPSA) is 287 Å². The maximum absolute atomic E-state index is 11.9. The van der Waals surface area contributed by atoms with Gasteiger partial charge in [-0.05, 0) is 6.42 Å². The second kappa shape index (κ2) is 15.4. The van der Waals surface area contributed by atoms with Crippen molar-refractivity contribution in [3.63, 3.8) is 0 Å². The minimum absolute atomic E-state index is 0.160. The Kier molecular flexibility index (Phi) is 14.6. The number of carbonyl (C=O) groups is 2. The zero-order chi connectivity index (χ0) is 25.0. The maximum atomic E-state index is 11.9. The molecule has 1 unspecified atom stereocenters. The van der Waals surface area contributed by atoms with Crippen molar-refractivity contribution < 1.29 is 60.7 Å². The number of hydrogen-bond acceptors (Lipinski definition) is 13. The average molecular weight is 473 g/mol. The van der Waals surface area contributed by atoms with Gasteiger partial charge >= 0.3 is 0 Å². The lowest BCUT2D eigenvalue weighted by atomic mass is 10.0. The summed E-state index contributed by atoms with van der Waals surface area (Å²) in [6.07, 6.45) is -14.6. The molecule has 0 bridgehead atoms. The Balaban J connectivity index is 4.31. The minimum atomic E-state index is -1.86. The van der Waals surface area contributed by atoms with E-state index < -0.39 is 93.0 Å². The van der Waals surface area contributed by atoms with Gasteiger partial charge in [0.05, 0.1) is 31.5 Å². The molecular formula is C17H35N3O12. The molecule has 2 amide bonds. The first-order valence-electron chi connectivity index (χ1n) is 9.83. The summed E-state index contributed by atoms with van der Waals surface area (Å²) in [4.78, 5) is 23.7. The molecule has 0 aliphatic heterocycles. The summed E-state index contributed by atoms with van der Waals surface area (Å²) in [6.45, 7) is -2.74. The Labute approximate surface area is 183 Å². The number of nitrogens with two attached hydrogens (primary N) is 1. The van der Waals surface area contributed by atoms with E-state index in [1.807, 2.05) is 0 Å². The van der Waals surface area contributed by atoms with Crippen molar-refractivity contribution >= 4 is 11.8 Å². The van der Waals surface area contributed by atoms with Crippen LogP contribution >= 0.6 is 0 Å². The summed E-state index contributed by atoms with van der Waals surface area (Å²) in [7, 11) is 0. The predicted molar refractivity (Wildman–Crippen MR) is 105 cm³/mol. The van der Waals surface area contributed by atoms with Gasteiger partial charge in [-0.1, -0.05) is 0 Å². The third-order valence-corrected chi connectivity index (χ3v) is 4.66. The molecule has 0 aliphatic rings. The first-order valence-corrected chi connectivity index (χ1v) is 9.83. The van der Waals surface area contributed by atoms with Crippen LogP contribution in [0.5, 0.6) is 0 Å². The molecule has 0 radical (unpaired) electrons. The van der Waals surface area contributed by atoms with Crippen LogP contribution in [0.15, 0.2) is 0 Å². The van der Waals surface area contributed by atoms with Gasteiger partial charge in [-0.15, -0.1) is 0 Å². The Morgan fingerprint density at radius 2 is 1.03 bits per heavy atom. The van der Waals surface area contributed by atoms with E-state index >= 15 is 0 Å². The van der Waals surface area contributed by atoms with Gasteiger partial charge in [-0.2, -0.15) is 0 Å². The molecule has 15 heteroatoms. The van der Waals surface area contributed by atoms with Gasteiger partial charge in [0.25, 0.3) is 0 Å². The second-order valence-electron chi connectivity index (χ2n) is 7.29. The van der Waals surface area contributed by atoms with E-state index in [1.165, 1.54) is 0 Å². The van der Waals surface area contributed by atoms with Gasteiger partial charge in [0, 0.05) is 19.5 Å². The largest absolute Gasteiger partial charge is 0.394 e. The molecule has 190 valence electrons. The van der Waals surface area contributed by atoms with Crippen LogP contribution in [0.2, 0.25) is 0 Å². The van der Waals surface area contributed by atoms with Gasteiger partial charge < -0.3 is 67.4 Å². The van der Waals surface area contributed by atoms with Crippen molar-refractivity contribution in [3.05, 3.63) is 0 Å². The number of aliphatic hydroxyl groups is 10. The highest BCUT2D eigenvalue weighted by molar-refractivity contribution is 5.83. The fourth-order valence-corrected chi connectivity index (χ4v) is 2.43. The molecule has 0 heterocycles. The molecule has 0 aliphatic carbocycles. The van der Waals surface area contributed by atoms with Crippen LogP contribution in [0.3, 0.4) is 0 Å². The third-order valence-electron chi connectivity index (χ3n) is 4.66. The Hall–Kier alpha value is -1.50. The second-order valence-corrected chi connectivity index (χ2v) is 7.29. The van der Waals surface area contributed by atoms with E-state index in [0.29, 0.717) is 0 Å². The van der Waals surface area contributed by atoms with Crippen LogP contribution in [0.4, 0.5) is 0 Å². The summed E-state index contributed by atoms with van der Waals surface area (Å²) >= 11 is 0. The summed E-state index contributed by atoms with van der Waals surface area (Å²) in [5.41, 5.74) is 5.62. The molecule has 0 rings (SSSR count). The molecular weight excluding hydrogens is 438 g/mol. The first kappa shape index (κ1) is 30.5. The van der Waals surface area contributed by atoms with E-state index in [0.717, 1.165) is 0 Å². The Bertz CT molecular complexity index is 557. The number of amides is 2. The monoisotopic (exact) mass is 473 g/mol. The Morgan fingerprint density at radius 3 is 1.44 bits per heavy atom. The lowest BCUT2D eigenvalue weighted by Gasteiger charge is -2.26. The van der Waals surface area contributed by atoms with Crippen LogP contribution in [0.25, 0.3) is 0 Å². The van der Waals surface area contributed by atoms with Crippen molar-refractivity contribution in [2.75, 3.05) is 26.3 Å². The number of carbonyl (C=O) groups excluding carboxylic acids is 2. The van der Waals surface area contributed by atoms with Crippen LogP contribution < -0.4 is 16.4 Å². The average Bonchev–Trinajstić information content (AvgIpc) is 2.80. The van der Waals surface area contributed by atoms with Crippen molar-refractivity contribution in [1.82, 2.24) is 10.6 Å². The molecule has 0 aromatic rings. The number of rotatable bonds is 16. The SMILES string of the molecule is NC(CCC(=O)NC[C@H](O)[C@@H](O)[C@H](O)[C@H](O)CO)C(=O)NC[C@H](O)[C@@H](O)[C@H](O)[C@H](O)CO. The summed E-state index contributed by atoms with van der Waals surface area (Å²) in [5.74, 6) is -1.45. The first-order chi connectivity index (χ1) is 14.9. The minimum Gasteiger partial charge on any atom is -0.394 e. The summed E-state index contributed by atoms with van der Waals surface area (Å²) < 4.78 is 0. The highest BCUT2D eigenvalue weighted by Gasteiger charge is 2.31. The fraction of sp³-hybridized carbons (Fsp3) is 0.882. The van der Waals surface area contributed by atoms with E-state index in [1.54, 1.807) is 0 Å². The standard InChI is InChI=1S/C17H35N3O12/c18-7(17(32)20-4-9(24)14(29)16(31)11(26)6-22)1-2-12(27)19-3-8(23)13(28)15(30)10(25)5-21/h7-11,13-16,21-26,28-31H,1-6,18H2,(H,19,27)(H,20,32)/t7?,8-,9-,10+,11+,13+,14+,15+,16+/m0/s1. The maximum Gasteiger partial charge on any atom is 0.237 e. The molecule has 0 saturated carbocycles. The van der Waals surface area contributed by atoms with Gasteiger partial charge in [-0.3, -0.25) is 9.59 Å². The smallest absolute Gasteiger partial charge is 0.237 e. The molecule has 9 atom stereocenters. The van der Waals surface area contributed by atoms with Crippen LogP contribution in [-0.2, 0) is 9.59 Å². The van der Waals surface area contributed by atoms with Gasteiger partial charge in [0.15, 0.2) is 0 Å². The van der Waals surface area contributed by atoms with Crippen molar-refractivity contribution in [3.8, 4) is 0 Å². The molecule has 0 aromatic heterocycles. The van der Waals surface area contributed by atoms with Crippen LogP contribution in [-0.4, -0.2) is 144 Å². The van der Waals surface area contributed by atoms with Gasteiger partial charge in [0.2, 0.25) is 11.8 Å². The van der Waals surface area contributed by atoms with Crippen LogP contribution in [0.1, 0.15) is 12.8 Å². The van der Waals surface area contributed by atoms with E-state index in [2.05, 4.69) is 10.6 Å². The molecule has 15 nitrogen and oxygen atoms in total. The normalized spacial score (nSPS) is 20.2. The van der Waals surface area contributed by atoms with E-state index in [4.69, 9.17) is 15.9 Å². The molecule has 32 heavy (non-hydrogen) atoms. The predicted octanol–water partition coefficient (Wildman–Crippen LogP) is -7.80. The Morgan fingerprint density at radius 1 is 0.656 bits per heavy atom. The lowest BCUT2D eigenvalue weighted by molar-refractivity contribution is -0.128. The molecule has 0 spiro atoms. The highest BCUT2D eigenvalue weighted by Crippen LogP contribution is 2.06. The van der Waals surface area contributed by atoms with Gasteiger partial charge in [-0.25, -0.2) is 0 Å². The van der Waals surface area contributed by atoms with Crippen molar-refractivity contribution in [1.29, 1.82) is 0 Å². The lowest BCUT2D eigenvalue weighted by Crippen LogP contribution is -2.51. The van der Waals surface area contributed by atoms with E-state index in [-0.39, 0.29) is 12.8 Å². The molecule has 14 N–H and O–H groups in total. The molecule has 0 fully saturated rings. The zero-order valence-electron chi connectivity index (χ0n) is 17.3. The summed E-state index contributed by atoms with van der Waals surface area (Å²) in [6, 6.07) is -1.20. The number of nitrogens with one attached hydrogen (secondary N) is 2. The van der Waals surface area contributed by atoms with E-state index in [9.17, 15) is 50.4 Å². The third kappa shape index (κ3) is 10.4. The number of aliphatic hydroxyl groups excluding tert-OH is 10. The number of hydrogen-bond donors (Lipinski definition) is 13. The zero-order valence-corrected chi connectivity index (χ0v) is 17.3. The summed E-state index contributed by atoms with van der Waals surface area (Å²) in [5, 5.41) is 98.0. The fourth-order valence-electron chi connectivity index (χ4n) is 2.43. The van der Waals surface area contributed by atoms with Crippen LogP contribution in [0, 0.1) is 0 Å². The quantitative estimate of drug-likeness (QED) is 0.0992. The molecule has 0 aromatic carbocycles. The molecule has 0 saturated heterocycles.